The third-order valence-corrected chi connectivity index (χ3v) is 4.17. The lowest BCUT2D eigenvalue weighted by molar-refractivity contribution is -0.133. The normalized spacial score (nSPS) is 19.6. The van der Waals surface area contributed by atoms with Crippen LogP contribution in [0.4, 0.5) is 5.69 Å². The minimum Gasteiger partial charge on any atom is -0.366 e. The Balaban J connectivity index is 2.22. The second-order valence-electron chi connectivity index (χ2n) is 7.27. The number of hydrogen-bond acceptors (Lipinski definition) is 4. The molecule has 0 aliphatic carbocycles. The van der Waals surface area contributed by atoms with Gasteiger partial charge in [-0.25, -0.2) is 0 Å². The molecule has 0 unspecified atom stereocenters. The second-order valence-corrected chi connectivity index (χ2v) is 7.71. The summed E-state index contributed by atoms with van der Waals surface area (Å²) in [4.78, 5) is 6.61. The van der Waals surface area contributed by atoms with Gasteiger partial charge in [-0.15, -0.1) is 0 Å². The first-order valence-corrected chi connectivity index (χ1v) is 8.02. The Morgan fingerprint density at radius 3 is 2.48 bits per heavy atom. The highest BCUT2D eigenvalue weighted by Gasteiger charge is 2.39. The van der Waals surface area contributed by atoms with Gasteiger partial charge >= 0.3 is 0 Å². The minimum absolute atomic E-state index is 0.303. The van der Waals surface area contributed by atoms with Gasteiger partial charge in [0.15, 0.2) is 0 Å². The van der Waals surface area contributed by atoms with E-state index in [2.05, 4.69) is 43.6 Å². The van der Waals surface area contributed by atoms with E-state index in [1.54, 1.807) is 6.20 Å². The average Bonchev–Trinajstić information content (AvgIpc) is 2.42. The molecule has 0 spiro atoms. The van der Waals surface area contributed by atoms with Gasteiger partial charge < -0.3 is 9.64 Å². The van der Waals surface area contributed by atoms with Gasteiger partial charge in [-0.1, -0.05) is 11.6 Å². The van der Waals surface area contributed by atoms with Crippen molar-refractivity contribution in [2.24, 2.45) is 0 Å². The predicted molar refractivity (Wildman–Crippen MR) is 92.9 cm³/mol. The zero-order chi connectivity index (χ0) is 16.8. The Labute approximate surface area is 141 Å². The lowest BCUT2D eigenvalue weighted by atomic mass is 9.97. The van der Waals surface area contributed by atoms with Crippen LogP contribution in [0.5, 0.6) is 0 Å². The van der Waals surface area contributed by atoms with Gasteiger partial charge in [-0.3, -0.25) is 4.98 Å². The highest BCUT2D eigenvalue weighted by molar-refractivity contribution is 6.31. The van der Waals surface area contributed by atoms with Crippen LogP contribution in [0.15, 0.2) is 24.4 Å². The van der Waals surface area contributed by atoms with E-state index in [-0.39, 0.29) is 11.2 Å². The van der Waals surface area contributed by atoms with E-state index in [4.69, 9.17) is 16.3 Å². The molecule has 1 saturated heterocycles. The molecule has 1 aliphatic rings. The number of rotatable bonds is 1. The molecular weight excluding hydrogens is 310 g/mol. The van der Waals surface area contributed by atoms with Crippen molar-refractivity contribution in [3.63, 3.8) is 0 Å². The van der Waals surface area contributed by atoms with Crippen LogP contribution in [-0.2, 0) is 4.74 Å². The molecule has 0 atom stereocenters. The Hall–Kier alpha value is -1.83. The number of benzene rings is 1. The van der Waals surface area contributed by atoms with Gasteiger partial charge in [-0.2, -0.15) is 5.26 Å². The molecule has 0 saturated carbocycles. The van der Waals surface area contributed by atoms with Crippen molar-refractivity contribution < 1.29 is 4.74 Å². The van der Waals surface area contributed by atoms with Crippen molar-refractivity contribution in [3.05, 3.63) is 35.0 Å². The maximum Gasteiger partial charge on any atom is 0.103 e. The zero-order valence-electron chi connectivity index (χ0n) is 13.9. The van der Waals surface area contributed by atoms with E-state index >= 15 is 0 Å². The number of hydrogen-bond donors (Lipinski definition) is 0. The third kappa shape index (κ3) is 3.12. The van der Waals surface area contributed by atoms with E-state index in [0.29, 0.717) is 23.7 Å². The molecule has 3 rings (SSSR count). The first-order valence-electron chi connectivity index (χ1n) is 7.64. The molecule has 23 heavy (non-hydrogen) atoms. The molecule has 1 aliphatic heterocycles. The molecule has 2 aromatic rings. The highest BCUT2D eigenvalue weighted by atomic mass is 35.5. The lowest BCUT2D eigenvalue weighted by Crippen LogP contribution is -2.57. The topological polar surface area (TPSA) is 49.2 Å². The smallest absolute Gasteiger partial charge is 0.103 e. The number of fused-ring (bicyclic) bond motifs is 1. The summed E-state index contributed by atoms with van der Waals surface area (Å²) in [7, 11) is 0. The van der Waals surface area contributed by atoms with E-state index < -0.39 is 0 Å². The molecule has 120 valence electrons. The average molecular weight is 330 g/mol. The van der Waals surface area contributed by atoms with Crippen LogP contribution >= 0.6 is 11.6 Å². The standard InChI is InChI=1S/C18H20ClN3O/c1-17(2)10-22(11-18(3,4)23-17)16-12(8-20)9-21-15-6-5-13(19)7-14(15)16/h5-7,9H,10-11H2,1-4H3. The van der Waals surface area contributed by atoms with Gasteiger partial charge in [0.05, 0.1) is 28.0 Å². The molecule has 4 nitrogen and oxygen atoms in total. The maximum absolute atomic E-state index is 9.56. The SMILES string of the molecule is CC1(C)CN(c2c(C#N)cnc3ccc(Cl)cc23)CC(C)(C)O1. The number of aromatic nitrogens is 1. The fourth-order valence-corrected chi connectivity index (χ4v) is 3.69. The zero-order valence-corrected chi connectivity index (χ0v) is 14.6. The summed E-state index contributed by atoms with van der Waals surface area (Å²) in [5.74, 6) is 0. The van der Waals surface area contributed by atoms with Gasteiger partial charge in [0.25, 0.3) is 0 Å². The van der Waals surface area contributed by atoms with Crippen LogP contribution in [0.1, 0.15) is 33.3 Å². The first kappa shape index (κ1) is 16.0. The van der Waals surface area contributed by atoms with Crippen LogP contribution in [0, 0.1) is 11.3 Å². The summed E-state index contributed by atoms with van der Waals surface area (Å²) >= 11 is 6.18. The van der Waals surface area contributed by atoms with Crippen LogP contribution in [-0.4, -0.2) is 29.3 Å². The summed E-state index contributed by atoms with van der Waals surface area (Å²) in [6.07, 6.45) is 1.64. The monoisotopic (exact) mass is 329 g/mol. The van der Waals surface area contributed by atoms with E-state index in [1.807, 2.05) is 18.2 Å². The summed E-state index contributed by atoms with van der Waals surface area (Å²) in [5.41, 5.74) is 1.69. The van der Waals surface area contributed by atoms with Crippen molar-refractivity contribution in [2.45, 2.75) is 38.9 Å². The minimum atomic E-state index is -0.303. The predicted octanol–water partition coefficient (Wildman–Crippen LogP) is 4.15. The molecule has 0 radical (unpaired) electrons. The van der Waals surface area contributed by atoms with Crippen molar-refractivity contribution in [1.29, 1.82) is 5.26 Å². The largest absolute Gasteiger partial charge is 0.366 e. The Morgan fingerprint density at radius 1 is 1.22 bits per heavy atom. The van der Waals surface area contributed by atoms with Crippen molar-refractivity contribution in [1.82, 2.24) is 4.98 Å². The molecular formula is C18H20ClN3O. The summed E-state index contributed by atoms with van der Waals surface area (Å²) in [6, 6.07) is 7.86. The van der Waals surface area contributed by atoms with Crippen molar-refractivity contribution in [2.75, 3.05) is 18.0 Å². The van der Waals surface area contributed by atoms with Gasteiger partial charge in [0, 0.05) is 29.7 Å². The van der Waals surface area contributed by atoms with Crippen LogP contribution in [0.3, 0.4) is 0 Å². The van der Waals surface area contributed by atoms with Gasteiger partial charge in [0.2, 0.25) is 0 Å². The third-order valence-electron chi connectivity index (χ3n) is 3.93. The number of morpholine rings is 1. The molecule has 2 heterocycles. The molecule has 0 N–H and O–H groups in total. The van der Waals surface area contributed by atoms with Gasteiger partial charge in [0.1, 0.15) is 6.07 Å². The Bertz CT molecular complexity index is 792. The molecule has 1 aromatic heterocycles. The fraction of sp³-hybridized carbons (Fsp3) is 0.444. The van der Waals surface area contributed by atoms with E-state index in [0.717, 1.165) is 16.6 Å². The molecule has 1 fully saturated rings. The lowest BCUT2D eigenvalue weighted by Gasteiger charge is -2.48. The second kappa shape index (κ2) is 5.36. The van der Waals surface area contributed by atoms with Crippen molar-refractivity contribution in [3.8, 4) is 6.07 Å². The van der Waals surface area contributed by atoms with Gasteiger partial charge in [-0.05, 0) is 45.9 Å². The number of nitriles is 1. The molecule has 1 aromatic carbocycles. The number of nitrogens with zero attached hydrogens (tertiary/aromatic N) is 3. The van der Waals surface area contributed by atoms with Crippen LogP contribution < -0.4 is 4.90 Å². The van der Waals surface area contributed by atoms with Crippen molar-refractivity contribution >= 4 is 28.2 Å². The quantitative estimate of drug-likeness (QED) is 0.788. The highest BCUT2D eigenvalue weighted by Crippen LogP contribution is 2.37. The molecule has 0 amide bonds. The Kier molecular flexibility index (Phi) is 3.74. The summed E-state index contributed by atoms with van der Waals surface area (Å²) in [6.45, 7) is 9.70. The van der Waals surface area contributed by atoms with Crippen LogP contribution in [0.25, 0.3) is 10.9 Å². The number of pyridine rings is 1. The van der Waals surface area contributed by atoms with Crippen LogP contribution in [0.2, 0.25) is 5.02 Å². The van der Waals surface area contributed by atoms with E-state index in [1.165, 1.54) is 0 Å². The number of halogens is 1. The molecule has 5 heteroatoms. The maximum atomic E-state index is 9.56. The summed E-state index contributed by atoms with van der Waals surface area (Å²) in [5, 5.41) is 11.1. The number of anilines is 1. The Morgan fingerprint density at radius 2 is 1.87 bits per heavy atom. The van der Waals surface area contributed by atoms with E-state index in [9.17, 15) is 5.26 Å². The molecule has 0 bridgehead atoms. The number of ether oxygens (including phenoxy) is 1. The first-order chi connectivity index (χ1) is 10.7. The summed E-state index contributed by atoms with van der Waals surface area (Å²) < 4.78 is 6.16. The fourth-order valence-electron chi connectivity index (χ4n) is 3.52.